The lowest BCUT2D eigenvalue weighted by Crippen LogP contribution is -2.29. The molecule has 0 aliphatic heterocycles. The first-order valence-electron chi connectivity index (χ1n) is 10.2. The molecule has 168 valence electrons. The van der Waals surface area contributed by atoms with Gasteiger partial charge in [0.05, 0.1) is 19.0 Å². The summed E-state index contributed by atoms with van der Waals surface area (Å²) in [5.41, 5.74) is 2.10. The topological polar surface area (TPSA) is 84.4 Å². The third-order valence-corrected chi connectivity index (χ3v) is 9.63. The zero-order chi connectivity index (χ0) is 22.7. The summed E-state index contributed by atoms with van der Waals surface area (Å²) in [6.45, 7) is 5.07. The molecule has 0 unspecified atom stereocenters. The second-order valence-electron chi connectivity index (χ2n) is 6.94. The lowest BCUT2D eigenvalue weighted by molar-refractivity contribution is 0.415. The minimum atomic E-state index is -3.45. The van der Waals surface area contributed by atoms with Gasteiger partial charge < -0.3 is 10.1 Å². The molecule has 0 radical (unpaired) electrons. The van der Waals surface area contributed by atoms with Crippen molar-refractivity contribution < 1.29 is 13.2 Å². The van der Waals surface area contributed by atoms with E-state index in [1.54, 1.807) is 30.8 Å². The number of sulfonamides is 1. The summed E-state index contributed by atoms with van der Waals surface area (Å²) in [6.07, 6.45) is 1.55. The predicted molar refractivity (Wildman–Crippen MR) is 131 cm³/mol. The summed E-state index contributed by atoms with van der Waals surface area (Å²) in [5, 5.41) is 6.41. The first-order valence-corrected chi connectivity index (χ1v) is 13.3. The second kappa shape index (κ2) is 9.53. The Morgan fingerprint density at radius 2 is 1.81 bits per heavy atom. The molecule has 1 aromatic carbocycles. The molecule has 0 fully saturated rings. The number of rotatable bonds is 9. The molecule has 4 aromatic rings. The zero-order valence-electron chi connectivity index (χ0n) is 18.0. The van der Waals surface area contributed by atoms with E-state index in [4.69, 9.17) is 4.74 Å². The fraction of sp³-hybridized carbons (Fsp3) is 0.273. The number of nitrogens with one attached hydrogen (secondary N) is 1. The highest BCUT2D eigenvalue weighted by atomic mass is 32.2. The van der Waals surface area contributed by atoms with Gasteiger partial charge in [-0.15, -0.1) is 22.7 Å². The number of hydrogen-bond acceptors (Lipinski definition) is 8. The van der Waals surface area contributed by atoms with Gasteiger partial charge in [-0.1, -0.05) is 26.0 Å². The standard InChI is InChI=1S/C22H24N4O3S3/c1-4-26(5-2)32(27,28)19-11-10-17(31-19)12-23-21-20-18(13-30-22(20)25-14-24-21)15-6-8-16(29-3)9-7-15/h6-11,13-14H,4-5,12H2,1-3H3,(H,23,24,25). The van der Waals surface area contributed by atoms with Gasteiger partial charge in [0.1, 0.15) is 26.9 Å². The number of benzene rings is 1. The summed E-state index contributed by atoms with van der Waals surface area (Å²) in [4.78, 5) is 10.7. The van der Waals surface area contributed by atoms with Crippen LogP contribution in [0.1, 0.15) is 18.7 Å². The summed E-state index contributed by atoms with van der Waals surface area (Å²) in [5.74, 6) is 1.53. The van der Waals surface area contributed by atoms with Crippen LogP contribution in [0.4, 0.5) is 5.82 Å². The van der Waals surface area contributed by atoms with Crippen LogP contribution in [0.25, 0.3) is 21.3 Å². The number of hydrogen-bond donors (Lipinski definition) is 1. The molecule has 1 N–H and O–H groups in total. The van der Waals surface area contributed by atoms with Gasteiger partial charge in [0.15, 0.2) is 0 Å². The van der Waals surface area contributed by atoms with E-state index in [0.29, 0.717) is 23.8 Å². The van der Waals surface area contributed by atoms with Crippen LogP contribution in [0.3, 0.4) is 0 Å². The van der Waals surface area contributed by atoms with Crippen molar-refractivity contribution in [2.45, 2.75) is 24.6 Å². The Hall–Kier alpha value is -2.53. The summed E-state index contributed by atoms with van der Waals surface area (Å²) >= 11 is 2.85. The van der Waals surface area contributed by atoms with Gasteiger partial charge in [-0.3, -0.25) is 0 Å². The molecule has 0 amide bonds. The number of thiophene rings is 2. The Labute approximate surface area is 195 Å². The van der Waals surface area contributed by atoms with Crippen LogP contribution in [0.5, 0.6) is 5.75 Å². The normalized spacial score (nSPS) is 11.9. The van der Waals surface area contributed by atoms with Crippen LogP contribution in [-0.4, -0.2) is 42.9 Å². The fourth-order valence-corrected chi connectivity index (χ4v) is 7.27. The van der Waals surface area contributed by atoms with Crippen LogP contribution in [-0.2, 0) is 16.6 Å². The Bertz CT molecular complexity index is 1310. The number of fused-ring (bicyclic) bond motifs is 1. The summed E-state index contributed by atoms with van der Waals surface area (Å²) in [7, 11) is -1.80. The Morgan fingerprint density at radius 3 is 2.50 bits per heavy atom. The number of ether oxygens (including phenoxy) is 1. The van der Waals surface area contributed by atoms with Gasteiger partial charge in [-0.2, -0.15) is 4.31 Å². The minimum absolute atomic E-state index is 0.361. The molecule has 7 nitrogen and oxygen atoms in total. The van der Waals surface area contributed by atoms with E-state index in [0.717, 1.165) is 37.8 Å². The van der Waals surface area contributed by atoms with Crippen molar-refractivity contribution in [3.8, 4) is 16.9 Å². The van der Waals surface area contributed by atoms with E-state index < -0.39 is 10.0 Å². The molecule has 10 heteroatoms. The largest absolute Gasteiger partial charge is 0.497 e. The second-order valence-corrected chi connectivity index (χ2v) is 11.1. The third-order valence-electron chi connectivity index (χ3n) is 5.14. The lowest BCUT2D eigenvalue weighted by atomic mass is 10.1. The highest BCUT2D eigenvalue weighted by Gasteiger charge is 2.23. The van der Waals surface area contributed by atoms with Crippen molar-refractivity contribution in [3.63, 3.8) is 0 Å². The van der Waals surface area contributed by atoms with Crippen LogP contribution in [0.15, 0.2) is 52.3 Å². The Kier molecular flexibility index (Phi) is 6.75. The SMILES string of the molecule is CCN(CC)S(=O)(=O)c1ccc(CNc2ncnc3scc(-c4ccc(OC)cc4)c23)s1. The molecule has 0 spiro atoms. The van der Waals surface area contributed by atoms with Crippen molar-refractivity contribution in [1.82, 2.24) is 14.3 Å². The van der Waals surface area contributed by atoms with Gasteiger partial charge >= 0.3 is 0 Å². The maximum atomic E-state index is 12.8. The number of methoxy groups -OCH3 is 1. The van der Waals surface area contributed by atoms with Gasteiger partial charge in [0.25, 0.3) is 10.0 Å². The minimum Gasteiger partial charge on any atom is -0.497 e. The quantitative estimate of drug-likeness (QED) is 0.354. The zero-order valence-corrected chi connectivity index (χ0v) is 20.5. The number of anilines is 1. The Morgan fingerprint density at radius 1 is 1.06 bits per heavy atom. The van der Waals surface area contributed by atoms with Gasteiger partial charge in [-0.25, -0.2) is 18.4 Å². The highest BCUT2D eigenvalue weighted by Crippen LogP contribution is 2.37. The van der Waals surface area contributed by atoms with Crippen molar-refractivity contribution >= 4 is 48.7 Å². The molecule has 32 heavy (non-hydrogen) atoms. The predicted octanol–water partition coefficient (Wildman–Crippen LogP) is 5.07. The smallest absolute Gasteiger partial charge is 0.252 e. The van der Waals surface area contributed by atoms with Crippen molar-refractivity contribution in [1.29, 1.82) is 0 Å². The molecule has 3 aromatic heterocycles. The molecule has 0 atom stereocenters. The van der Waals surface area contributed by atoms with E-state index in [9.17, 15) is 8.42 Å². The van der Waals surface area contributed by atoms with Crippen LogP contribution in [0.2, 0.25) is 0 Å². The van der Waals surface area contributed by atoms with Gasteiger partial charge in [0.2, 0.25) is 0 Å². The lowest BCUT2D eigenvalue weighted by Gasteiger charge is -2.16. The molecule has 0 saturated carbocycles. The monoisotopic (exact) mass is 488 g/mol. The molecular formula is C22H24N4O3S3. The highest BCUT2D eigenvalue weighted by molar-refractivity contribution is 7.91. The average molecular weight is 489 g/mol. The fourth-order valence-electron chi connectivity index (χ4n) is 3.45. The molecule has 0 saturated heterocycles. The number of nitrogens with zero attached hydrogens (tertiary/aromatic N) is 3. The Balaban J connectivity index is 1.59. The van der Waals surface area contributed by atoms with Crippen molar-refractivity contribution in [2.24, 2.45) is 0 Å². The van der Waals surface area contributed by atoms with E-state index >= 15 is 0 Å². The van der Waals surface area contributed by atoms with E-state index in [-0.39, 0.29) is 0 Å². The molecule has 3 heterocycles. The molecule has 0 bridgehead atoms. The first kappa shape index (κ1) is 22.7. The maximum Gasteiger partial charge on any atom is 0.252 e. The first-order chi connectivity index (χ1) is 15.5. The van der Waals surface area contributed by atoms with Crippen molar-refractivity contribution in [2.75, 3.05) is 25.5 Å². The molecule has 0 aliphatic carbocycles. The summed E-state index contributed by atoms with van der Waals surface area (Å²) in [6, 6.07) is 11.4. The maximum absolute atomic E-state index is 12.8. The summed E-state index contributed by atoms with van der Waals surface area (Å²) < 4.78 is 32.6. The van der Waals surface area contributed by atoms with Crippen LogP contribution < -0.4 is 10.1 Å². The van der Waals surface area contributed by atoms with Crippen LogP contribution >= 0.6 is 22.7 Å². The number of aromatic nitrogens is 2. The van der Waals surface area contributed by atoms with E-state index in [1.807, 2.05) is 44.2 Å². The van der Waals surface area contributed by atoms with E-state index in [2.05, 4.69) is 20.7 Å². The molecule has 0 aliphatic rings. The van der Waals surface area contributed by atoms with Gasteiger partial charge in [-0.05, 0) is 29.8 Å². The van der Waals surface area contributed by atoms with Crippen LogP contribution in [0, 0.1) is 0 Å². The average Bonchev–Trinajstić information content (AvgIpc) is 3.46. The van der Waals surface area contributed by atoms with Gasteiger partial charge in [0, 0.05) is 28.9 Å². The van der Waals surface area contributed by atoms with E-state index in [1.165, 1.54) is 15.6 Å². The molecule has 4 rings (SSSR count). The third kappa shape index (κ3) is 4.36. The molecular weight excluding hydrogens is 464 g/mol. The van der Waals surface area contributed by atoms with Crippen molar-refractivity contribution in [3.05, 3.63) is 53.0 Å².